The van der Waals surface area contributed by atoms with Gasteiger partial charge in [0, 0.05) is 5.38 Å². The molecule has 0 spiro atoms. The fourth-order valence-electron chi connectivity index (χ4n) is 3.71. The third kappa shape index (κ3) is 4.63. The van der Waals surface area contributed by atoms with Crippen LogP contribution < -0.4 is 11.1 Å². The Balaban J connectivity index is 1.87. The predicted molar refractivity (Wildman–Crippen MR) is 131 cm³/mol. The number of benzene rings is 3. The first-order valence-electron chi connectivity index (χ1n) is 10.5. The molecule has 1 aromatic heterocycles. The summed E-state index contributed by atoms with van der Waals surface area (Å²) in [5, 5.41) is 9.74. The molecule has 7 heteroatoms. The Morgan fingerprint density at radius 1 is 0.939 bits per heavy atom. The van der Waals surface area contributed by atoms with Crippen molar-refractivity contribution in [1.29, 1.82) is 0 Å². The molecule has 3 aromatic carbocycles. The van der Waals surface area contributed by atoms with Crippen LogP contribution in [0.25, 0.3) is 0 Å². The Morgan fingerprint density at radius 3 is 1.85 bits per heavy atom. The van der Waals surface area contributed by atoms with Crippen molar-refractivity contribution in [3.63, 3.8) is 0 Å². The van der Waals surface area contributed by atoms with E-state index in [1.807, 2.05) is 54.6 Å². The van der Waals surface area contributed by atoms with Gasteiger partial charge in [-0.1, -0.05) is 96.2 Å². The van der Waals surface area contributed by atoms with Crippen LogP contribution in [0.3, 0.4) is 0 Å². The zero-order valence-electron chi connectivity index (χ0n) is 18.1. The highest BCUT2D eigenvalue weighted by molar-refractivity contribution is 7.14. The van der Waals surface area contributed by atoms with Crippen LogP contribution in [0.15, 0.2) is 102 Å². The summed E-state index contributed by atoms with van der Waals surface area (Å²) in [4.78, 5) is 21.4. The molecule has 0 bridgehead atoms. The monoisotopic (exact) mass is 455 g/mol. The number of nitrogens with one attached hydrogen (secondary N) is 2. The van der Waals surface area contributed by atoms with Crippen LogP contribution in [-0.4, -0.2) is 23.2 Å². The number of aromatic nitrogens is 1. The van der Waals surface area contributed by atoms with E-state index >= 15 is 0 Å². The molecule has 1 amide bonds. The average Bonchev–Trinajstić information content (AvgIpc) is 3.32. The molecule has 2 N–H and O–H groups in total. The van der Waals surface area contributed by atoms with Gasteiger partial charge in [-0.05, 0) is 23.6 Å². The van der Waals surface area contributed by atoms with Crippen molar-refractivity contribution in [3.8, 4) is 0 Å². The summed E-state index contributed by atoms with van der Waals surface area (Å²) < 4.78 is 0. The minimum atomic E-state index is -0.944. The van der Waals surface area contributed by atoms with Crippen molar-refractivity contribution in [1.82, 2.24) is 10.7 Å². The van der Waals surface area contributed by atoms with Crippen LogP contribution in [-0.2, 0) is 15.2 Å². The molecule has 0 fully saturated rings. The van der Waals surface area contributed by atoms with Crippen LogP contribution in [0.1, 0.15) is 29.3 Å². The average molecular weight is 456 g/mol. The van der Waals surface area contributed by atoms with Crippen LogP contribution in [0, 0.1) is 0 Å². The second-order valence-corrected chi connectivity index (χ2v) is 8.06. The Bertz CT molecular complexity index is 1130. The molecule has 0 aliphatic rings. The maximum atomic E-state index is 11.8. The Labute approximate surface area is 196 Å². The zero-order chi connectivity index (χ0) is 23.1. The first-order chi connectivity index (χ1) is 16.1. The lowest BCUT2D eigenvalue weighted by Crippen LogP contribution is -2.38. The van der Waals surface area contributed by atoms with Crippen LogP contribution in [0.2, 0.25) is 0 Å². The quantitative estimate of drug-likeness (QED) is 0.216. The second kappa shape index (κ2) is 10.1. The minimum Gasteiger partial charge on any atom is -0.395 e. The van der Waals surface area contributed by atoms with E-state index in [0.29, 0.717) is 17.4 Å². The SMILES string of the molecule is CCO/N=C(/C([NH])=O)c1csc(NC(c2ccccc2)(c2ccccc2)c2ccccc2)n1. The maximum absolute atomic E-state index is 11.8. The molecule has 0 saturated heterocycles. The molecule has 33 heavy (non-hydrogen) atoms. The highest BCUT2D eigenvalue weighted by Crippen LogP contribution is 2.40. The summed E-state index contributed by atoms with van der Waals surface area (Å²) in [5.41, 5.74) is 10.1. The number of carbonyl (C=O) groups is 1. The fourth-order valence-corrected chi connectivity index (χ4v) is 4.47. The summed E-state index contributed by atoms with van der Waals surface area (Å²) in [7, 11) is 0. The molecule has 1 heterocycles. The number of oxime groups is 1. The molecule has 0 aliphatic carbocycles. The van der Waals surface area contributed by atoms with Gasteiger partial charge in [0.25, 0.3) is 5.91 Å². The van der Waals surface area contributed by atoms with Gasteiger partial charge in [-0.25, -0.2) is 4.98 Å². The molecule has 165 valence electrons. The van der Waals surface area contributed by atoms with Crippen molar-refractivity contribution in [2.24, 2.45) is 5.16 Å². The van der Waals surface area contributed by atoms with Gasteiger partial charge < -0.3 is 10.2 Å². The first-order valence-corrected chi connectivity index (χ1v) is 11.4. The van der Waals surface area contributed by atoms with Gasteiger partial charge in [-0.15, -0.1) is 11.3 Å². The highest BCUT2D eigenvalue weighted by Gasteiger charge is 2.37. The van der Waals surface area contributed by atoms with Gasteiger partial charge in [0.15, 0.2) is 10.8 Å². The lowest BCUT2D eigenvalue weighted by Gasteiger charge is -2.36. The number of amides is 1. The fraction of sp³-hybridized carbons (Fsp3) is 0.115. The molecular weight excluding hydrogens is 432 g/mol. The Morgan fingerprint density at radius 2 is 1.42 bits per heavy atom. The normalized spacial score (nSPS) is 11.7. The first kappa shape index (κ1) is 22.2. The van der Waals surface area contributed by atoms with Gasteiger partial charge in [0.05, 0.1) is 0 Å². The molecule has 0 saturated carbocycles. The number of hydrogen-bond acceptors (Lipinski definition) is 6. The summed E-state index contributed by atoms with van der Waals surface area (Å²) in [5.74, 6) is -0.944. The number of nitrogens with zero attached hydrogens (tertiary/aromatic N) is 2. The number of carbonyl (C=O) groups excluding carboxylic acids is 1. The lowest BCUT2D eigenvalue weighted by atomic mass is 9.77. The molecule has 0 atom stereocenters. The molecule has 0 aliphatic heterocycles. The van der Waals surface area contributed by atoms with E-state index in [2.05, 4.69) is 51.9 Å². The number of hydrogen-bond donors (Lipinski definition) is 1. The van der Waals surface area contributed by atoms with Crippen molar-refractivity contribution in [2.45, 2.75) is 12.5 Å². The Hall–Kier alpha value is -3.97. The van der Waals surface area contributed by atoms with Gasteiger partial charge >= 0.3 is 0 Å². The van der Waals surface area contributed by atoms with Gasteiger partial charge in [0.2, 0.25) is 0 Å². The molecule has 0 unspecified atom stereocenters. The predicted octanol–water partition coefficient (Wildman–Crippen LogP) is 5.10. The molecule has 1 radical (unpaired) electrons. The van der Waals surface area contributed by atoms with Crippen LogP contribution >= 0.6 is 11.3 Å². The van der Waals surface area contributed by atoms with Gasteiger partial charge in [0.1, 0.15) is 17.8 Å². The van der Waals surface area contributed by atoms with E-state index in [4.69, 9.17) is 10.6 Å². The standard InChI is InChI=1S/C26H23N4O2S/c1-2-32-30-23(24(27)31)22-18-33-25(28-22)29-26(19-12-6-3-7-13-19,20-14-8-4-9-15-20)21-16-10-5-11-17-21/h3-18,27H,2H2,1H3,(H,28,29)/b30-23+. The minimum absolute atomic E-state index is 0.120. The number of thiazole rings is 1. The smallest absolute Gasteiger partial charge is 0.294 e. The molecule has 6 nitrogen and oxygen atoms in total. The van der Waals surface area contributed by atoms with E-state index in [9.17, 15) is 4.79 Å². The van der Waals surface area contributed by atoms with Crippen molar-refractivity contribution < 1.29 is 9.63 Å². The van der Waals surface area contributed by atoms with Crippen LogP contribution in [0.5, 0.6) is 0 Å². The van der Waals surface area contributed by atoms with E-state index in [1.165, 1.54) is 11.3 Å². The summed E-state index contributed by atoms with van der Waals surface area (Å²) in [6.07, 6.45) is 0. The van der Waals surface area contributed by atoms with E-state index in [0.717, 1.165) is 16.7 Å². The van der Waals surface area contributed by atoms with E-state index < -0.39 is 11.4 Å². The van der Waals surface area contributed by atoms with Crippen LogP contribution in [0.4, 0.5) is 5.13 Å². The highest BCUT2D eigenvalue weighted by atomic mass is 32.1. The molecule has 4 aromatic rings. The third-order valence-electron chi connectivity index (χ3n) is 5.16. The Kier molecular flexibility index (Phi) is 6.80. The molecular formula is C26H23N4O2S. The second-order valence-electron chi connectivity index (χ2n) is 7.20. The van der Waals surface area contributed by atoms with E-state index in [1.54, 1.807) is 12.3 Å². The zero-order valence-corrected chi connectivity index (χ0v) is 18.9. The van der Waals surface area contributed by atoms with Crippen molar-refractivity contribution in [2.75, 3.05) is 11.9 Å². The third-order valence-corrected chi connectivity index (χ3v) is 5.92. The molecule has 4 rings (SSSR count). The van der Waals surface area contributed by atoms with Gasteiger partial charge in [-0.3, -0.25) is 10.5 Å². The summed E-state index contributed by atoms with van der Waals surface area (Å²) in [6, 6.07) is 30.5. The number of anilines is 1. The maximum Gasteiger partial charge on any atom is 0.294 e. The summed E-state index contributed by atoms with van der Waals surface area (Å²) >= 11 is 1.35. The summed E-state index contributed by atoms with van der Waals surface area (Å²) in [6.45, 7) is 2.06. The van der Waals surface area contributed by atoms with Crippen molar-refractivity contribution in [3.05, 3.63) is 119 Å². The lowest BCUT2D eigenvalue weighted by molar-refractivity contribution is -0.112. The van der Waals surface area contributed by atoms with Crippen molar-refractivity contribution >= 4 is 28.1 Å². The largest absolute Gasteiger partial charge is 0.395 e. The topological polar surface area (TPSA) is 87.4 Å². The van der Waals surface area contributed by atoms with Gasteiger partial charge in [-0.2, -0.15) is 0 Å². The van der Waals surface area contributed by atoms with E-state index in [-0.39, 0.29) is 5.71 Å². The number of rotatable bonds is 9.